The summed E-state index contributed by atoms with van der Waals surface area (Å²) in [6.07, 6.45) is 2.16. The zero-order chi connectivity index (χ0) is 29.3. The summed E-state index contributed by atoms with van der Waals surface area (Å²) >= 11 is 16.0. The third-order valence-corrected chi connectivity index (χ3v) is 7.95. The van der Waals surface area contributed by atoms with E-state index in [4.69, 9.17) is 27.9 Å². The Morgan fingerprint density at radius 2 is 1.70 bits per heavy atom. The second-order valence-electron chi connectivity index (χ2n) is 10.8. The zero-order valence-corrected chi connectivity index (χ0v) is 26.6. The third kappa shape index (κ3) is 9.25. The predicted molar refractivity (Wildman–Crippen MR) is 167 cm³/mol. The van der Waals surface area contributed by atoms with Crippen LogP contribution in [0.2, 0.25) is 10.0 Å². The van der Waals surface area contributed by atoms with Crippen LogP contribution < -0.4 is 10.1 Å². The van der Waals surface area contributed by atoms with Gasteiger partial charge in [-0.05, 0) is 68.7 Å². The lowest BCUT2D eigenvalue weighted by atomic mass is 9.87. The normalized spacial score (nSPS) is 12.1. The fourth-order valence-electron chi connectivity index (χ4n) is 4.20. The van der Waals surface area contributed by atoms with E-state index in [2.05, 4.69) is 48.9 Å². The Hall–Kier alpha value is -2.54. The topological polar surface area (TPSA) is 58.6 Å². The molecule has 0 aliphatic rings. The fourth-order valence-corrected chi connectivity index (χ4v) is 5.02. The largest absolute Gasteiger partial charge is 0.483 e. The minimum absolute atomic E-state index is 0.0245. The van der Waals surface area contributed by atoms with Gasteiger partial charge in [-0.3, -0.25) is 9.59 Å². The molecule has 214 valence electrons. The molecular formula is C32H37BrCl2N2O3. The second-order valence-corrected chi connectivity index (χ2v) is 12.5. The smallest absolute Gasteiger partial charge is 0.261 e. The van der Waals surface area contributed by atoms with Crippen molar-refractivity contribution in [1.82, 2.24) is 10.2 Å². The first kappa shape index (κ1) is 32.0. The molecule has 5 nitrogen and oxygen atoms in total. The van der Waals surface area contributed by atoms with Crippen molar-refractivity contribution in [3.63, 3.8) is 0 Å². The Balaban J connectivity index is 1.91. The van der Waals surface area contributed by atoms with Crippen LogP contribution in [0.5, 0.6) is 5.75 Å². The van der Waals surface area contributed by atoms with Crippen LogP contribution in [-0.2, 0) is 28.0 Å². The summed E-state index contributed by atoms with van der Waals surface area (Å²) in [6, 6.07) is 20.0. The first-order chi connectivity index (χ1) is 19.0. The van der Waals surface area contributed by atoms with Gasteiger partial charge in [0.15, 0.2) is 6.61 Å². The number of ether oxygens (including phenoxy) is 1. The van der Waals surface area contributed by atoms with E-state index in [1.807, 2.05) is 54.6 Å². The van der Waals surface area contributed by atoms with Crippen LogP contribution in [0.25, 0.3) is 0 Å². The van der Waals surface area contributed by atoms with E-state index >= 15 is 0 Å². The summed E-state index contributed by atoms with van der Waals surface area (Å²) < 4.78 is 6.76. The average molecular weight is 648 g/mol. The summed E-state index contributed by atoms with van der Waals surface area (Å²) in [4.78, 5) is 28.9. The molecule has 0 spiro atoms. The van der Waals surface area contributed by atoms with E-state index in [0.717, 1.165) is 34.0 Å². The molecule has 0 radical (unpaired) electrons. The van der Waals surface area contributed by atoms with E-state index in [0.29, 0.717) is 28.8 Å². The molecular weight excluding hydrogens is 611 g/mol. The maximum Gasteiger partial charge on any atom is 0.261 e. The summed E-state index contributed by atoms with van der Waals surface area (Å²) in [7, 11) is 0. The number of halogens is 3. The molecule has 0 heterocycles. The van der Waals surface area contributed by atoms with Crippen LogP contribution in [-0.4, -0.2) is 35.9 Å². The molecule has 3 aromatic carbocycles. The molecule has 8 heteroatoms. The van der Waals surface area contributed by atoms with E-state index in [-0.39, 0.29) is 30.4 Å². The van der Waals surface area contributed by atoms with Crippen LogP contribution in [0.1, 0.15) is 57.2 Å². The van der Waals surface area contributed by atoms with E-state index in [1.54, 1.807) is 17.0 Å². The number of unbranched alkanes of at least 4 members (excludes halogenated alkanes) is 1. The van der Waals surface area contributed by atoms with Gasteiger partial charge in [0.25, 0.3) is 5.91 Å². The number of nitrogens with one attached hydrogen (secondary N) is 1. The van der Waals surface area contributed by atoms with Crippen LogP contribution in [0.4, 0.5) is 0 Å². The van der Waals surface area contributed by atoms with Gasteiger partial charge in [-0.25, -0.2) is 0 Å². The number of hydrogen-bond donors (Lipinski definition) is 1. The van der Waals surface area contributed by atoms with Gasteiger partial charge in [0.2, 0.25) is 5.91 Å². The van der Waals surface area contributed by atoms with E-state index in [9.17, 15) is 9.59 Å². The highest BCUT2D eigenvalue weighted by Crippen LogP contribution is 2.32. The Kier molecular flexibility index (Phi) is 11.9. The van der Waals surface area contributed by atoms with Gasteiger partial charge in [-0.15, -0.1) is 0 Å². The molecule has 3 aromatic rings. The number of carbonyl (C=O) groups is 2. The molecule has 0 aromatic heterocycles. The highest BCUT2D eigenvalue weighted by Gasteiger charge is 2.31. The number of hydrogen-bond acceptors (Lipinski definition) is 3. The number of carbonyl (C=O) groups excluding carboxylic acids is 2. The number of rotatable bonds is 12. The molecule has 0 saturated carbocycles. The van der Waals surface area contributed by atoms with Gasteiger partial charge in [0.1, 0.15) is 11.8 Å². The molecule has 3 rings (SSSR count). The van der Waals surface area contributed by atoms with Crippen molar-refractivity contribution in [3.05, 3.63) is 97.9 Å². The van der Waals surface area contributed by atoms with Crippen molar-refractivity contribution in [2.24, 2.45) is 0 Å². The number of nitrogens with zero attached hydrogens (tertiary/aromatic N) is 1. The lowest BCUT2D eigenvalue weighted by molar-refractivity contribution is -0.142. The summed E-state index contributed by atoms with van der Waals surface area (Å²) in [5.41, 5.74) is 2.83. The quantitative estimate of drug-likeness (QED) is 0.203. The second kappa shape index (κ2) is 14.9. The van der Waals surface area contributed by atoms with Crippen LogP contribution in [0, 0.1) is 0 Å². The van der Waals surface area contributed by atoms with Gasteiger partial charge < -0.3 is 15.0 Å². The minimum atomic E-state index is -0.753. The SMILES string of the molecule is CCCCNC(=O)C(Cc1ccccc1)N(Cc1ccc(Cl)c(Cl)c1)C(=O)COc1ccc(C(C)(C)C)cc1Br. The maximum atomic E-state index is 13.8. The van der Waals surface area contributed by atoms with Crippen molar-refractivity contribution in [2.45, 2.75) is 65.0 Å². The third-order valence-electron chi connectivity index (χ3n) is 6.59. The number of amides is 2. The number of benzene rings is 3. The van der Waals surface area contributed by atoms with Gasteiger partial charge in [-0.1, -0.05) is 99.8 Å². The Labute approximate surface area is 256 Å². The summed E-state index contributed by atoms with van der Waals surface area (Å²) in [5.74, 6) is 0.0358. The standard InChI is InChI=1S/C32H37BrCl2N2O3/c1-5-6-16-36-31(39)28(18-22-10-8-7-9-11-22)37(20-23-12-14-26(34)27(35)17-23)30(38)21-40-29-15-13-24(19-25(29)33)32(2,3)4/h7-15,17,19,28H,5-6,16,18,20-21H2,1-4H3,(H,36,39). The highest BCUT2D eigenvalue weighted by molar-refractivity contribution is 9.10. The summed E-state index contributed by atoms with van der Waals surface area (Å²) in [6.45, 7) is 8.95. The highest BCUT2D eigenvalue weighted by atomic mass is 79.9. The molecule has 1 unspecified atom stereocenters. The first-order valence-corrected chi connectivity index (χ1v) is 15.0. The summed E-state index contributed by atoms with van der Waals surface area (Å²) in [5, 5.41) is 3.83. The Bertz CT molecular complexity index is 1300. The average Bonchev–Trinajstić information content (AvgIpc) is 2.91. The molecule has 0 aliphatic carbocycles. The van der Waals surface area contributed by atoms with Crippen molar-refractivity contribution < 1.29 is 14.3 Å². The molecule has 0 bridgehead atoms. The molecule has 0 saturated heterocycles. The molecule has 0 aliphatic heterocycles. The first-order valence-electron chi connectivity index (χ1n) is 13.5. The van der Waals surface area contributed by atoms with Crippen molar-refractivity contribution in [2.75, 3.05) is 13.2 Å². The van der Waals surface area contributed by atoms with Crippen molar-refractivity contribution >= 4 is 50.9 Å². The molecule has 1 N–H and O–H groups in total. The van der Waals surface area contributed by atoms with Crippen LogP contribution in [0.3, 0.4) is 0 Å². The minimum Gasteiger partial charge on any atom is -0.483 e. The van der Waals surface area contributed by atoms with Gasteiger partial charge in [0.05, 0.1) is 14.5 Å². The molecule has 1 atom stereocenters. The zero-order valence-electron chi connectivity index (χ0n) is 23.5. The monoisotopic (exact) mass is 646 g/mol. The van der Waals surface area contributed by atoms with Gasteiger partial charge in [-0.2, -0.15) is 0 Å². The maximum absolute atomic E-state index is 13.8. The predicted octanol–water partition coefficient (Wildman–Crippen LogP) is 7.99. The molecule has 2 amide bonds. The van der Waals surface area contributed by atoms with Crippen molar-refractivity contribution in [1.29, 1.82) is 0 Å². The Morgan fingerprint density at radius 3 is 2.33 bits per heavy atom. The van der Waals surface area contributed by atoms with Crippen LogP contribution >= 0.6 is 39.1 Å². The lowest BCUT2D eigenvalue weighted by Crippen LogP contribution is -2.51. The Morgan fingerprint density at radius 1 is 0.975 bits per heavy atom. The van der Waals surface area contributed by atoms with E-state index < -0.39 is 6.04 Å². The molecule has 0 fully saturated rings. The molecule has 40 heavy (non-hydrogen) atoms. The van der Waals surface area contributed by atoms with Crippen molar-refractivity contribution in [3.8, 4) is 5.75 Å². The lowest BCUT2D eigenvalue weighted by Gasteiger charge is -2.31. The van der Waals surface area contributed by atoms with Crippen LogP contribution in [0.15, 0.2) is 71.2 Å². The van der Waals surface area contributed by atoms with E-state index in [1.165, 1.54) is 0 Å². The van der Waals surface area contributed by atoms with Gasteiger partial charge in [0, 0.05) is 19.5 Å². The fraction of sp³-hybridized carbons (Fsp3) is 0.375. The van der Waals surface area contributed by atoms with Gasteiger partial charge >= 0.3 is 0 Å².